The minimum Gasteiger partial charge on any atom is -0.481 e. The van der Waals surface area contributed by atoms with Crippen molar-refractivity contribution in [2.45, 2.75) is 24.2 Å². The molecule has 4 nitrogen and oxygen atoms in total. The van der Waals surface area contributed by atoms with E-state index in [4.69, 9.17) is 5.11 Å². The Morgan fingerprint density at radius 2 is 2.06 bits per heavy atom. The van der Waals surface area contributed by atoms with Crippen LogP contribution < -0.4 is 0 Å². The summed E-state index contributed by atoms with van der Waals surface area (Å²) in [5.74, 6) is -0.790. The molecule has 17 heavy (non-hydrogen) atoms. The van der Waals surface area contributed by atoms with Gasteiger partial charge in [-0.25, -0.2) is 8.42 Å². The molecule has 0 aromatic heterocycles. The molecular weight excluding hydrogens is 240 g/mol. The van der Waals surface area contributed by atoms with Gasteiger partial charge in [-0.1, -0.05) is 12.1 Å². The first-order valence-corrected chi connectivity index (χ1v) is 7.25. The number of aliphatic carboxylic acids is 1. The zero-order valence-corrected chi connectivity index (χ0v) is 10.3. The maximum absolute atomic E-state index is 11.4. The van der Waals surface area contributed by atoms with Crippen LogP contribution in [0.3, 0.4) is 0 Å². The molecule has 1 aromatic carbocycles. The number of carboxylic acids is 1. The highest BCUT2D eigenvalue weighted by Crippen LogP contribution is 2.48. The average molecular weight is 254 g/mol. The summed E-state index contributed by atoms with van der Waals surface area (Å²) in [6.07, 6.45) is 2.90. The molecule has 0 saturated heterocycles. The van der Waals surface area contributed by atoms with Gasteiger partial charge in [0.2, 0.25) is 0 Å². The lowest BCUT2D eigenvalue weighted by Crippen LogP contribution is -2.17. The molecule has 2 rings (SSSR count). The lowest BCUT2D eigenvalue weighted by molar-refractivity contribution is -0.143. The maximum atomic E-state index is 11.4. The normalized spacial score (nSPS) is 17.7. The van der Waals surface area contributed by atoms with Crippen LogP contribution in [-0.2, 0) is 21.1 Å². The fraction of sp³-hybridized carbons (Fsp3) is 0.417. The molecule has 0 amide bonds. The van der Waals surface area contributed by atoms with Crippen LogP contribution in [0.4, 0.5) is 0 Å². The SMILES string of the molecule is CS(=O)(=O)c1cccc(CC2(C(=O)O)CC2)c1. The predicted octanol–water partition coefficient (Wildman–Crippen LogP) is 1.50. The molecule has 1 N–H and O–H groups in total. The van der Waals surface area contributed by atoms with E-state index in [1.54, 1.807) is 18.2 Å². The van der Waals surface area contributed by atoms with Crippen LogP contribution in [0.15, 0.2) is 29.2 Å². The van der Waals surface area contributed by atoms with Gasteiger partial charge in [0, 0.05) is 6.26 Å². The van der Waals surface area contributed by atoms with E-state index in [0.29, 0.717) is 19.3 Å². The van der Waals surface area contributed by atoms with E-state index in [0.717, 1.165) is 11.8 Å². The van der Waals surface area contributed by atoms with Gasteiger partial charge in [-0.3, -0.25) is 4.79 Å². The third-order valence-electron chi connectivity index (χ3n) is 3.18. The first-order valence-electron chi connectivity index (χ1n) is 5.36. The smallest absolute Gasteiger partial charge is 0.309 e. The number of carbonyl (C=O) groups is 1. The molecule has 1 aliphatic rings. The number of carboxylic acid groups (broad SMARTS) is 1. The maximum Gasteiger partial charge on any atom is 0.309 e. The topological polar surface area (TPSA) is 71.4 Å². The van der Waals surface area contributed by atoms with Gasteiger partial charge in [-0.05, 0) is 37.0 Å². The molecule has 0 aliphatic heterocycles. The van der Waals surface area contributed by atoms with Gasteiger partial charge < -0.3 is 5.11 Å². The minimum absolute atomic E-state index is 0.246. The fourth-order valence-corrected chi connectivity index (χ4v) is 2.59. The van der Waals surface area contributed by atoms with Crippen molar-refractivity contribution in [2.75, 3.05) is 6.26 Å². The molecular formula is C12H14O4S. The highest BCUT2D eigenvalue weighted by atomic mass is 32.2. The van der Waals surface area contributed by atoms with Crippen LogP contribution in [0.25, 0.3) is 0 Å². The number of sulfone groups is 1. The molecule has 92 valence electrons. The highest BCUT2D eigenvalue weighted by Gasteiger charge is 2.49. The molecule has 0 heterocycles. The van der Waals surface area contributed by atoms with E-state index in [1.165, 1.54) is 6.07 Å². The van der Waals surface area contributed by atoms with Crippen LogP contribution >= 0.6 is 0 Å². The fourth-order valence-electron chi connectivity index (χ4n) is 1.89. The van der Waals surface area contributed by atoms with Gasteiger partial charge in [0.05, 0.1) is 10.3 Å². The zero-order chi connectivity index (χ0) is 12.7. The van der Waals surface area contributed by atoms with Crippen LogP contribution in [0, 0.1) is 5.41 Å². The molecule has 0 bridgehead atoms. The Bertz CT molecular complexity index is 556. The Kier molecular flexibility index (Phi) is 2.73. The van der Waals surface area contributed by atoms with E-state index in [9.17, 15) is 13.2 Å². The Balaban J connectivity index is 2.27. The number of rotatable bonds is 4. The molecule has 0 spiro atoms. The summed E-state index contributed by atoms with van der Waals surface area (Å²) < 4.78 is 22.8. The monoisotopic (exact) mass is 254 g/mol. The molecule has 1 fully saturated rings. The predicted molar refractivity (Wildman–Crippen MR) is 62.6 cm³/mol. The second-order valence-electron chi connectivity index (χ2n) is 4.68. The second-order valence-corrected chi connectivity index (χ2v) is 6.70. The molecule has 1 aromatic rings. The zero-order valence-electron chi connectivity index (χ0n) is 9.51. The first kappa shape index (κ1) is 12.1. The van der Waals surface area contributed by atoms with E-state index < -0.39 is 21.2 Å². The standard InChI is InChI=1S/C12H14O4S/c1-17(15,16)10-4-2-3-9(7-10)8-12(5-6-12)11(13)14/h2-4,7H,5-6,8H2,1H3,(H,13,14). The number of hydrogen-bond acceptors (Lipinski definition) is 3. The number of benzene rings is 1. The van der Waals surface area contributed by atoms with Gasteiger partial charge in [0.1, 0.15) is 0 Å². The summed E-state index contributed by atoms with van der Waals surface area (Å²) in [6.45, 7) is 0. The summed E-state index contributed by atoms with van der Waals surface area (Å²) in [7, 11) is -3.23. The van der Waals surface area contributed by atoms with Gasteiger partial charge in [0.15, 0.2) is 9.84 Å². The third kappa shape index (κ3) is 2.49. The Hall–Kier alpha value is -1.36. The van der Waals surface area contributed by atoms with Crippen molar-refractivity contribution in [3.05, 3.63) is 29.8 Å². The van der Waals surface area contributed by atoms with Gasteiger partial charge in [-0.2, -0.15) is 0 Å². The summed E-state index contributed by atoms with van der Waals surface area (Å²) in [6, 6.07) is 6.53. The van der Waals surface area contributed by atoms with Crippen LogP contribution in [0.5, 0.6) is 0 Å². The molecule has 1 aliphatic carbocycles. The Morgan fingerprint density at radius 1 is 1.41 bits per heavy atom. The van der Waals surface area contributed by atoms with Crippen LogP contribution in [0.1, 0.15) is 18.4 Å². The second kappa shape index (κ2) is 3.84. The number of hydrogen-bond donors (Lipinski definition) is 1. The molecule has 0 radical (unpaired) electrons. The van der Waals surface area contributed by atoms with Gasteiger partial charge in [-0.15, -0.1) is 0 Å². The van der Waals surface area contributed by atoms with Crippen LogP contribution in [0.2, 0.25) is 0 Å². The van der Waals surface area contributed by atoms with Gasteiger partial charge >= 0.3 is 5.97 Å². The highest BCUT2D eigenvalue weighted by molar-refractivity contribution is 7.90. The minimum atomic E-state index is -3.23. The van der Waals surface area contributed by atoms with Crippen molar-refractivity contribution >= 4 is 15.8 Å². The van der Waals surface area contributed by atoms with E-state index in [-0.39, 0.29) is 4.90 Å². The molecule has 1 saturated carbocycles. The molecule has 0 atom stereocenters. The van der Waals surface area contributed by atoms with E-state index in [1.807, 2.05) is 0 Å². The average Bonchev–Trinajstić information content (AvgIpc) is 2.98. The summed E-state index contributed by atoms with van der Waals surface area (Å²) in [5, 5.41) is 9.08. The van der Waals surface area contributed by atoms with E-state index >= 15 is 0 Å². The summed E-state index contributed by atoms with van der Waals surface area (Å²) >= 11 is 0. The lowest BCUT2D eigenvalue weighted by Gasteiger charge is -2.10. The van der Waals surface area contributed by atoms with Crippen molar-refractivity contribution in [2.24, 2.45) is 5.41 Å². The van der Waals surface area contributed by atoms with Crippen molar-refractivity contribution in [3.8, 4) is 0 Å². The Morgan fingerprint density at radius 3 is 2.53 bits per heavy atom. The Labute approximate surface area is 100 Å². The van der Waals surface area contributed by atoms with Gasteiger partial charge in [0.25, 0.3) is 0 Å². The third-order valence-corrected chi connectivity index (χ3v) is 4.29. The van der Waals surface area contributed by atoms with Crippen molar-refractivity contribution in [1.82, 2.24) is 0 Å². The summed E-state index contributed by atoms with van der Waals surface area (Å²) in [5.41, 5.74) is 0.115. The van der Waals surface area contributed by atoms with Crippen LogP contribution in [-0.4, -0.2) is 25.7 Å². The summed E-state index contributed by atoms with van der Waals surface area (Å²) in [4.78, 5) is 11.3. The van der Waals surface area contributed by atoms with Crippen molar-refractivity contribution in [1.29, 1.82) is 0 Å². The lowest BCUT2D eigenvalue weighted by atomic mass is 9.97. The quantitative estimate of drug-likeness (QED) is 0.883. The molecule has 0 unspecified atom stereocenters. The van der Waals surface area contributed by atoms with Crippen molar-refractivity contribution < 1.29 is 18.3 Å². The molecule has 5 heteroatoms. The van der Waals surface area contributed by atoms with Crippen molar-refractivity contribution in [3.63, 3.8) is 0 Å². The first-order chi connectivity index (χ1) is 7.83. The van der Waals surface area contributed by atoms with E-state index in [2.05, 4.69) is 0 Å². The largest absolute Gasteiger partial charge is 0.481 e.